The molecule has 18 heavy (non-hydrogen) atoms. The van der Waals surface area contributed by atoms with Gasteiger partial charge in [0.15, 0.2) is 0 Å². The Labute approximate surface area is 117 Å². The monoisotopic (exact) mass is 313 g/mol. The fourth-order valence-corrected chi connectivity index (χ4v) is 3.27. The summed E-state index contributed by atoms with van der Waals surface area (Å²) in [6.45, 7) is 2.31. The third-order valence-electron chi connectivity index (χ3n) is 4.15. The van der Waals surface area contributed by atoms with Crippen LogP contribution in [-0.2, 0) is 6.42 Å². The van der Waals surface area contributed by atoms with Gasteiger partial charge in [0.1, 0.15) is 5.82 Å². The van der Waals surface area contributed by atoms with E-state index in [0.717, 1.165) is 17.9 Å². The lowest BCUT2D eigenvalue weighted by Gasteiger charge is -2.30. The summed E-state index contributed by atoms with van der Waals surface area (Å²) >= 11 is 3.31. The Bertz CT molecular complexity index is 399. The van der Waals surface area contributed by atoms with E-state index in [4.69, 9.17) is 5.73 Å². The number of hydrogen-bond donors (Lipinski definition) is 1. The second kappa shape index (κ2) is 6.16. The number of nitrogens with two attached hydrogens (primary N) is 1. The molecule has 1 aromatic carbocycles. The lowest BCUT2D eigenvalue weighted by Crippen LogP contribution is -2.34. The normalized spacial score (nSPS) is 26.0. The van der Waals surface area contributed by atoms with Crippen LogP contribution in [0.15, 0.2) is 22.7 Å². The van der Waals surface area contributed by atoms with Crippen LogP contribution in [0.1, 0.15) is 38.2 Å². The fraction of sp³-hybridized carbons (Fsp3) is 0.600. The van der Waals surface area contributed by atoms with Gasteiger partial charge in [0, 0.05) is 6.04 Å². The minimum atomic E-state index is -0.197. The topological polar surface area (TPSA) is 26.0 Å². The van der Waals surface area contributed by atoms with Gasteiger partial charge in [-0.15, -0.1) is 0 Å². The smallest absolute Gasteiger partial charge is 0.137 e. The van der Waals surface area contributed by atoms with E-state index in [0.29, 0.717) is 10.4 Å². The molecule has 0 radical (unpaired) electrons. The molecule has 100 valence electrons. The van der Waals surface area contributed by atoms with Crippen molar-refractivity contribution in [1.82, 2.24) is 0 Å². The molecule has 1 unspecified atom stereocenters. The summed E-state index contributed by atoms with van der Waals surface area (Å²) in [5.74, 6) is 1.24. The highest BCUT2D eigenvalue weighted by Gasteiger charge is 2.24. The van der Waals surface area contributed by atoms with Crippen molar-refractivity contribution in [3.8, 4) is 0 Å². The van der Waals surface area contributed by atoms with Crippen LogP contribution in [0.5, 0.6) is 0 Å². The zero-order chi connectivity index (χ0) is 13.1. The van der Waals surface area contributed by atoms with Gasteiger partial charge in [-0.2, -0.15) is 0 Å². The highest BCUT2D eigenvalue weighted by atomic mass is 79.9. The van der Waals surface area contributed by atoms with E-state index in [1.54, 1.807) is 6.07 Å². The summed E-state index contributed by atoms with van der Waals surface area (Å²) in [7, 11) is 0. The van der Waals surface area contributed by atoms with Gasteiger partial charge in [-0.3, -0.25) is 0 Å². The van der Waals surface area contributed by atoms with Crippen LogP contribution in [0.2, 0.25) is 0 Å². The van der Waals surface area contributed by atoms with E-state index < -0.39 is 0 Å². The highest BCUT2D eigenvalue weighted by Crippen LogP contribution is 2.31. The highest BCUT2D eigenvalue weighted by molar-refractivity contribution is 9.10. The first-order valence-corrected chi connectivity index (χ1v) is 7.55. The van der Waals surface area contributed by atoms with Crippen LogP contribution in [0, 0.1) is 17.7 Å². The Hall–Kier alpha value is -0.410. The molecule has 2 rings (SSSR count). The second-order valence-corrected chi connectivity index (χ2v) is 6.39. The maximum atomic E-state index is 13.4. The van der Waals surface area contributed by atoms with Crippen LogP contribution >= 0.6 is 15.9 Å². The maximum absolute atomic E-state index is 13.4. The van der Waals surface area contributed by atoms with E-state index in [1.807, 2.05) is 6.07 Å². The zero-order valence-electron chi connectivity index (χ0n) is 10.8. The molecule has 0 aromatic heterocycles. The first-order valence-electron chi connectivity index (χ1n) is 6.76. The Morgan fingerprint density at radius 2 is 2.00 bits per heavy atom. The van der Waals surface area contributed by atoms with Gasteiger partial charge in [0.2, 0.25) is 0 Å². The van der Waals surface area contributed by atoms with Crippen molar-refractivity contribution in [2.24, 2.45) is 17.6 Å². The van der Waals surface area contributed by atoms with Crippen molar-refractivity contribution >= 4 is 15.9 Å². The van der Waals surface area contributed by atoms with E-state index in [-0.39, 0.29) is 11.9 Å². The second-order valence-electron chi connectivity index (χ2n) is 5.60. The van der Waals surface area contributed by atoms with Crippen molar-refractivity contribution in [2.75, 3.05) is 0 Å². The molecule has 2 N–H and O–H groups in total. The van der Waals surface area contributed by atoms with Crippen molar-refractivity contribution < 1.29 is 4.39 Å². The summed E-state index contributed by atoms with van der Waals surface area (Å²) in [5.41, 5.74) is 7.29. The fourth-order valence-electron chi connectivity index (χ4n) is 2.84. The SMILES string of the molecule is CC1CCC(C(N)Cc2cccc(F)c2Br)CC1. The molecule has 1 saturated carbocycles. The van der Waals surface area contributed by atoms with Crippen LogP contribution in [0.4, 0.5) is 4.39 Å². The van der Waals surface area contributed by atoms with Crippen molar-refractivity contribution in [3.05, 3.63) is 34.1 Å². The summed E-state index contributed by atoms with van der Waals surface area (Å²) < 4.78 is 14.0. The largest absolute Gasteiger partial charge is 0.327 e. The molecule has 0 spiro atoms. The maximum Gasteiger partial charge on any atom is 0.137 e. The first-order chi connectivity index (χ1) is 8.58. The molecule has 1 aliphatic rings. The zero-order valence-corrected chi connectivity index (χ0v) is 12.4. The molecule has 1 aliphatic carbocycles. The van der Waals surface area contributed by atoms with Crippen molar-refractivity contribution in [2.45, 2.75) is 45.1 Å². The molecule has 3 heteroatoms. The Morgan fingerprint density at radius 3 is 2.67 bits per heavy atom. The minimum absolute atomic E-state index is 0.149. The van der Waals surface area contributed by atoms with Gasteiger partial charge in [-0.1, -0.05) is 31.9 Å². The van der Waals surface area contributed by atoms with Gasteiger partial charge >= 0.3 is 0 Å². The molecule has 1 atom stereocenters. The van der Waals surface area contributed by atoms with Gasteiger partial charge in [-0.05, 0) is 58.7 Å². The molecule has 1 fully saturated rings. The van der Waals surface area contributed by atoms with Gasteiger partial charge in [0.05, 0.1) is 4.47 Å². The van der Waals surface area contributed by atoms with E-state index in [9.17, 15) is 4.39 Å². The molecule has 0 amide bonds. The minimum Gasteiger partial charge on any atom is -0.327 e. The average molecular weight is 314 g/mol. The molecule has 1 aromatic rings. The lowest BCUT2D eigenvalue weighted by molar-refractivity contribution is 0.253. The van der Waals surface area contributed by atoms with Crippen LogP contribution < -0.4 is 5.73 Å². The third kappa shape index (κ3) is 3.33. The number of hydrogen-bond acceptors (Lipinski definition) is 1. The number of benzene rings is 1. The molecular formula is C15H21BrFN. The summed E-state index contributed by atoms with van der Waals surface area (Å²) in [4.78, 5) is 0. The Kier molecular flexibility index (Phi) is 4.79. The number of halogens is 2. The molecule has 0 saturated heterocycles. The Balaban J connectivity index is 1.98. The molecular weight excluding hydrogens is 293 g/mol. The van der Waals surface area contributed by atoms with Crippen LogP contribution in [-0.4, -0.2) is 6.04 Å². The van der Waals surface area contributed by atoms with Gasteiger partial charge in [0.25, 0.3) is 0 Å². The predicted molar refractivity (Wildman–Crippen MR) is 76.9 cm³/mol. The van der Waals surface area contributed by atoms with Gasteiger partial charge < -0.3 is 5.73 Å². The summed E-state index contributed by atoms with van der Waals surface area (Å²) in [5, 5.41) is 0. The predicted octanol–water partition coefficient (Wildman–Crippen LogP) is 4.28. The average Bonchev–Trinajstić information content (AvgIpc) is 2.36. The van der Waals surface area contributed by atoms with Crippen molar-refractivity contribution in [3.63, 3.8) is 0 Å². The van der Waals surface area contributed by atoms with E-state index in [2.05, 4.69) is 22.9 Å². The third-order valence-corrected chi connectivity index (χ3v) is 5.04. The van der Waals surface area contributed by atoms with Crippen molar-refractivity contribution in [1.29, 1.82) is 0 Å². The molecule has 0 bridgehead atoms. The van der Waals surface area contributed by atoms with Crippen LogP contribution in [0.25, 0.3) is 0 Å². The summed E-state index contributed by atoms with van der Waals surface area (Å²) in [6, 6.07) is 5.33. The first kappa shape index (κ1) is 14.0. The Morgan fingerprint density at radius 1 is 1.33 bits per heavy atom. The molecule has 0 heterocycles. The van der Waals surface area contributed by atoms with E-state index in [1.165, 1.54) is 31.7 Å². The standard InChI is InChI=1S/C15H21BrFN/c1-10-5-7-11(8-6-10)14(18)9-12-3-2-4-13(17)15(12)16/h2-4,10-11,14H,5-9,18H2,1H3. The van der Waals surface area contributed by atoms with E-state index >= 15 is 0 Å². The lowest BCUT2D eigenvalue weighted by atomic mass is 9.78. The van der Waals surface area contributed by atoms with Gasteiger partial charge in [-0.25, -0.2) is 4.39 Å². The molecule has 0 aliphatic heterocycles. The quantitative estimate of drug-likeness (QED) is 0.885. The van der Waals surface area contributed by atoms with Crippen LogP contribution in [0.3, 0.4) is 0 Å². The summed E-state index contributed by atoms with van der Waals surface area (Å²) in [6.07, 6.45) is 5.76. The molecule has 1 nitrogen and oxygen atoms in total. The number of rotatable bonds is 3.